The first-order valence-electron chi connectivity index (χ1n) is 16.4. The average Bonchev–Trinajstić information content (AvgIpc) is 3.64. The lowest BCUT2D eigenvalue weighted by molar-refractivity contribution is -0.274. The molecule has 5 aromatic rings. The molecule has 0 saturated carbocycles. The number of halogens is 4. The van der Waals surface area contributed by atoms with E-state index in [9.17, 15) is 37.1 Å². The zero-order valence-corrected chi connectivity index (χ0v) is 31.9. The monoisotopic (exact) mass is 805 g/mol. The number of fused-ring (bicyclic) bond motifs is 1. The van der Waals surface area contributed by atoms with E-state index in [0.29, 0.717) is 5.56 Å². The molecule has 55 heavy (non-hydrogen) atoms. The van der Waals surface area contributed by atoms with Crippen LogP contribution in [0.1, 0.15) is 37.7 Å². The van der Waals surface area contributed by atoms with Crippen LogP contribution in [0.2, 0.25) is 5.02 Å². The minimum Gasteiger partial charge on any atom is -0.444 e. The Morgan fingerprint density at radius 2 is 1.73 bits per heavy atom. The van der Waals surface area contributed by atoms with Crippen molar-refractivity contribution in [3.8, 4) is 17.0 Å². The second-order valence-corrected chi connectivity index (χ2v) is 14.5. The third-order valence-corrected chi connectivity index (χ3v) is 9.14. The number of rotatable bonds is 10. The van der Waals surface area contributed by atoms with E-state index in [1.165, 1.54) is 43.1 Å². The minimum absolute atomic E-state index is 0.00925. The molecular weight excluding hydrogens is 771 g/mol. The quantitative estimate of drug-likeness (QED) is 0.179. The van der Waals surface area contributed by atoms with Gasteiger partial charge in [-0.15, -0.1) is 24.5 Å². The second kappa shape index (κ2) is 16.0. The average molecular weight is 806 g/mol. The van der Waals surface area contributed by atoms with E-state index < -0.39 is 66.1 Å². The van der Waals surface area contributed by atoms with Gasteiger partial charge in [-0.25, -0.2) is 14.4 Å². The van der Waals surface area contributed by atoms with Crippen LogP contribution in [0.5, 0.6) is 5.75 Å². The van der Waals surface area contributed by atoms with E-state index in [1.54, 1.807) is 51.1 Å². The normalized spacial score (nSPS) is 12.8. The lowest BCUT2D eigenvalue weighted by atomic mass is 10.1. The first-order valence-corrected chi connectivity index (χ1v) is 17.7. The van der Waals surface area contributed by atoms with Crippen LogP contribution in [0.3, 0.4) is 0 Å². The van der Waals surface area contributed by atoms with Gasteiger partial charge in [0.15, 0.2) is 11.5 Å². The van der Waals surface area contributed by atoms with Gasteiger partial charge >= 0.3 is 24.1 Å². The third kappa shape index (κ3) is 9.74. The summed E-state index contributed by atoms with van der Waals surface area (Å²) in [5, 5.41) is 3.69. The smallest absolute Gasteiger partial charge is 0.444 e. The molecule has 3 heterocycles. The van der Waals surface area contributed by atoms with E-state index in [-0.39, 0.29) is 49.9 Å². The molecule has 1 N–H and O–H groups in total. The fourth-order valence-electron chi connectivity index (χ4n) is 5.46. The zero-order chi connectivity index (χ0) is 40.4. The van der Waals surface area contributed by atoms with E-state index >= 15 is 0 Å². The number of amides is 2. The van der Waals surface area contributed by atoms with Crippen LogP contribution >= 0.6 is 22.9 Å². The number of aryl methyl sites for hydroxylation is 2. The van der Waals surface area contributed by atoms with Crippen molar-refractivity contribution < 1.29 is 46.2 Å². The molecule has 1 atom stereocenters. The van der Waals surface area contributed by atoms with Gasteiger partial charge < -0.3 is 23.9 Å². The number of aromatic nitrogens is 3. The predicted octanol–water partition coefficient (Wildman–Crippen LogP) is 5.53. The highest BCUT2D eigenvalue weighted by atomic mass is 35.5. The van der Waals surface area contributed by atoms with Crippen LogP contribution < -0.4 is 26.1 Å². The van der Waals surface area contributed by atoms with Gasteiger partial charge in [0.2, 0.25) is 5.71 Å². The number of hydrogen-bond acceptors (Lipinski definition) is 10. The number of ether oxygens (including phenoxy) is 3. The number of thiazole rings is 1. The van der Waals surface area contributed by atoms with Crippen molar-refractivity contribution in [2.24, 2.45) is 19.1 Å². The lowest BCUT2D eigenvalue weighted by Gasteiger charge is -2.23. The molecule has 0 fully saturated rings. The molecule has 0 spiro atoms. The third-order valence-electron chi connectivity index (χ3n) is 7.98. The number of benzene rings is 2. The van der Waals surface area contributed by atoms with Crippen molar-refractivity contribution in [3.05, 3.63) is 101 Å². The first-order chi connectivity index (χ1) is 25.7. The molecule has 5 rings (SSSR count). The van der Waals surface area contributed by atoms with Crippen molar-refractivity contribution >= 4 is 52.0 Å². The highest BCUT2D eigenvalue weighted by Gasteiger charge is 2.32. The van der Waals surface area contributed by atoms with Crippen LogP contribution in [0.4, 0.5) is 18.0 Å². The molecule has 0 aliphatic carbocycles. The van der Waals surface area contributed by atoms with Gasteiger partial charge in [0.1, 0.15) is 28.5 Å². The molecule has 0 saturated heterocycles. The van der Waals surface area contributed by atoms with Gasteiger partial charge in [0, 0.05) is 37.0 Å². The topological polar surface area (TPSA) is 165 Å². The number of esters is 1. The molecule has 2 amide bonds. The SMILES string of the molecule is Cc1oc2c(c1CC(=O)N=c1scc(-c3ccc(OC(F)(F)F)c(Cl)c3)n1COC(=O)[C@H](Cc1ccccc1)NC(=O)OC(C)(C)C)c(=O)n(C)c(=O)n2C. The summed E-state index contributed by atoms with van der Waals surface area (Å²) in [4.78, 5) is 69.6. The molecule has 0 bridgehead atoms. The summed E-state index contributed by atoms with van der Waals surface area (Å²) in [6.07, 6.45) is -6.28. The molecule has 0 radical (unpaired) electrons. The molecule has 3 aromatic heterocycles. The number of alkyl halides is 3. The summed E-state index contributed by atoms with van der Waals surface area (Å²) in [5.41, 5.74) is -0.805. The van der Waals surface area contributed by atoms with E-state index in [4.69, 9.17) is 25.5 Å². The summed E-state index contributed by atoms with van der Waals surface area (Å²) in [7, 11) is 2.71. The number of alkyl carbamates (subject to hydrolysis) is 1. The zero-order valence-electron chi connectivity index (χ0n) is 30.3. The predicted molar refractivity (Wildman–Crippen MR) is 195 cm³/mol. The molecular formula is C36H35ClF3N5O9S. The Morgan fingerprint density at radius 3 is 2.36 bits per heavy atom. The van der Waals surface area contributed by atoms with Gasteiger partial charge in [0.05, 0.1) is 17.1 Å². The van der Waals surface area contributed by atoms with Gasteiger partial charge in [-0.2, -0.15) is 4.99 Å². The van der Waals surface area contributed by atoms with Gasteiger partial charge in [-0.1, -0.05) is 41.9 Å². The summed E-state index contributed by atoms with van der Waals surface area (Å²) in [5.74, 6) is -2.08. The fraction of sp³-hybridized carbons (Fsp3) is 0.333. The van der Waals surface area contributed by atoms with Crippen LogP contribution in [-0.2, 0) is 52.7 Å². The highest BCUT2D eigenvalue weighted by Crippen LogP contribution is 2.34. The maximum Gasteiger partial charge on any atom is 0.573 e. The van der Waals surface area contributed by atoms with Crippen molar-refractivity contribution in [2.75, 3.05) is 0 Å². The summed E-state index contributed by atoms with van der Waals surface area (Å²) in [6, 6.07) is 11.0. The largest absolute Gasteiger partial charge is 0.573 e. The van der Waals surface area contributed by atoms with Crippen molar-refractivity contribution in [1.29, 1.82) is 0 Å². The maximum absolute atomic E-state index is 13.6. The van der Waals surface area contributed by atoms with Crippen LogP contribution in [0.25, 0.3) is 22.4 Å². The van der Waals surface area contributed by atoms with E-state index in [0.717, 1.165) is 26.5 Å². The van der Waals surface area contributed by atoms with E-state index in [2.05, 4.69) is 15.0 Å². The Hall–Kier alpha value is -5.62. The summed E-state index contributed by atoms with van der Waals surface area (Å²) < 4.78 is 62.9. The van der Waals surface area contributed by atoms with E-state index in [1.807, 2.05) is 0 Å². The Kier molecular flexibility index (Phi) is 11.8. The van der Waals surface area contributed by atoms with Gasteiger partial charge in [0.25, 0.3) is 11.5 Å². The Labute approximate surface area is 319 Å². The molecule has 19 heteroatoms. The number of carbonyl (C=O) groups is 3. The second-order valence-electron chi connectivity index (χ2n) is 13.2. The van der Waals surface area contributed by atoms with Gasteiger partial charge in [-0.05, 0) is 51.5 Å². The summed E-state index contributed by atoms with van der Waals surface area (Å²) >= 11 is 7.09. The van der Waals surface area contributed by atoms with Crippen LogP contribution in [0.15, 0.2) is 72.9 Å². The standard InChI is InChI=1S/C36H35ClF3N5O9S/c1-19-22(28-29(47)43(5)34(50)44(6)30(28)52-19)16-27(46)42-32-45(25(17-55-32)21-12-13-26(23(37)15-21)53-36(38,39)40)18-51-31(48)24(14-20-10-8-7-9-11-20)41-33(49)54-35(2,3)4/h7-13,15,17,24H,14,16,18H2,1-6H3,(H,41,49)/t24-/m0/s1. The van der Waals surface area contributed by atoms with Crippen molar-refractivity contribution in [2.45, 2.75) is 65.3 Å². The lowest BCUT2D eigenvalue weighted by Crippen LogP contribution is -2.45. The number of furan rings is 1. The molecule has 0 aliphatic heterocycles. The fourth-order valence-corrected chi connectivity index (χ4v) is 6.59. The number of carbonyl (C=O) groups excluding carboxylic acids is 3. The number of hydrogen-bond donors (Lipinski definition) is 1. The highest BCUT2D eigenvalue weighted by molar-refractivity contribution is 7.07. The number of nitrogens with one attached hydrogen (secondary N) is 1. The molecule has 14 nitrogen and oxygen atoms in total. The molecule has 0 unspecified atom stereocenters. The summed E-state index contributed by atoms with van der Waals surface area (Å²) in [6.45, 7) is 5.92. The Bertz CT molecular complexity index is 2460. The van der Waals surface area contributed by atoms with Crippen LogP contribution in [0, 0.1) is 6.92 Å². The Morgan fingerprint density at radius 1 is 1.04 bits per heavy atom. The Balaban J connectivity index is 1.52. The first kappa shape index (κ1) is 40.6. The van der Waals surface area contributed by atoms with Crippen LogP contribution in [-0.4, -0.2) is 49.7 Å². The molecule has 292 valence electrons. The number of nitrogens with zero attached hydrogens (tertiary/aromatic N) is 4. The maximum atomic E-state index is 13.6. The molecule has 2 aromatic carbocycles. The van der Waals surface area contributed by atoms with Gasteiger partial charge in [-0.3, -0.25) is 23.3 Å². The van der Waals surface area contributed by atoms with Crippen molar-refractivity contribution in [3.63, 3.8) is 0 Å². The molecule has 0 aliphatic rings. The van der Waals surface area contributed by atoms with Crippen molar-refractivity contribution in [1.82, 2.24) is 19.0 Å². The minimum atomic E-state index is -5.00.